The predicted molar refractivity (Wildman–Crippen MR) is 129 cm³/mol. The molecule has 0 spiro atoms. The van der Waals surface area contributed by atoms with Crippen molar-refractivity contribution in [3.8, 4) is 6.07 Å². The van der Waals surface area contributed by atoms with E-state index < -0.39 is 0 Å². The molecule has 1 amide bonds. The lowest BCUT2D eigenvalue weighted by Gasteiger charge is -2.26. The van der Waals surface area contributed by atoms with Crippen LogP contribution in [0.3, 0.4) is 0 Å². The average molecular weight is 452 g/mol. The average Bonchev–Trinajstić information content (AvgIpc) is 3.07. The van der Waals surface area contributed by atoms with Gasteiger partial charge in [-0.2, -0.15) is 5.26 Å². The monoisotopic (exact) mass is 451 g/mol. The molecule has 3 aromatic rings. The van der Waals surface area contributed by atoms with E-state index in [-0.39, 0.29) is 18.3 Å². The molecule has 0 unspecified atom stereocenters. The van der Waals surface area contributed by atoms with E-state index in [2.05, 4.69) is 52.7 Å². The Morgan fingerprint density at radius 3 is 2.71 bits per heavy atom. The molecule has 1 aliphatic rings. The van der Waals surface area contributed by atoms with Gasteiger partial charge in [0.1, 0.15) is 11.1 Å². The van der Waals surface area contributed by atoms with Crippen molar-refractivity contribution >= 4 is 34.7 Å². The van der Waals surface area contributed by atoms with Crippen molar-refractivity contribution in [1.82, 2.24) is 4.90 Å². The zero-order valence-electron chi connectivity index (χ0n) is 17.8. The fourth-order valence-corrected chi connectivity index (χ4v) is 5.23. The second-order valence-corrected chi connectivity index (χ2v) is 9.03. The van der Waals surface area contributed by atoms with Crippen molar-refractivity contribution in [2.45, 2.75) is 39.8 Å². The summed E-state index contributed by atoms with van der Waals surface area (Å²) >= 11 is 1.55. The summed E-state index contributed by atoms with van der Waals surface area (Å²) in [6.45, 7) is 6.69. The van der Waals surface area contributed by atoms with E-state index >= 15 is 0 Å². The number of anilines is 1. The fraction of sp³-hybridized carbons (Fsp3) is 0.280. The van der Waals surface area contributed by atoms with Crippen molar-refractivity contribution in [2.24, 2.45) is 0 Å². The molecule has 31 heavy (non-hydrogen) atoms. The zero-order valence-corrected chi connectivity index (χ0v) is 19.4. The summed E-state index contributed by atoms with van der Waals surface area (Å²) in [4.78, 5) is 16.3. The topological polar surface area (TPSA) is 56.1 Å². The van der Waals surface area contributed by atoms with E-state index in [0.717, 1.165) is 48.3 Å². The summed E-state index contributed by atoms with van der Waals surface area (Å²) in [6, 6.07) is 18.9. The van der Waals surface area contributed by atoms with Crippen molar-refractivity contribution in [3.05, 3.63) is 86.8 Å². The van der Waals surface area contributed by atoms with Gasteiger partial charge < -0.3 is 5.32 Å². The number of aryl methyl sites for hydroxylation is 2. The maximum atomic E-state index is 12.7. The number of fused-ring (bicyclic) bond motifs is 1. The molecular formula is C25H26ClN3OS. The fourth-order valence-electron chi connectivity index (χ4n) is 3.97. The molecule has 0 aliphatic carbocycles. The number of thiophene rings is 1. The van der Waals surface area contributed by atoms with Crippen LogP contribution in [-0.2, 0) is 30.7 Å². The first-order valence-electron chi connectivity index (χ1n) is 10.2. The Morgan fingerprint density at radius 1 is 1.19 bits per heavy atom. The summed E-state index contributed by atoms with van der Waals surface area (Å²) in [7, 11) is 0. The molecule has 2 aromatic carbocycles. The normalized spacial score (nSPS) is 13.1. The molecule has 0 bridgehead atoms. The Morgan fingerprint density at radius 2 is 1.97 bits per heavy atom. The van der Waals surface area contributed by atoms with Gasteiger partial charge in [0.15, 0.2) is 0 Å². The summed E-state index contributed by atoms with van der Waals surface area (Å²) in [5.74, 6) is -0.0695. The maximum absolute atomic E-state index is 12.7. The largest absolute Gasteiger partial charge is 0.316 e. The molecule has 4 rings (SSSR count). The standard InChI is InChI=1S/C25H25N3OS.ClH/c1-17-8-9-18(2)20(12-17)13-24(29)27-25-22(14-26)21-10-11-28(16-23(21)30-25)15-19-6-4-3-5-7-19;/h3-9,12H,10-11,13,15-16H2,1-2H3,(H,27,29);1H. The number of nitrogens with one attached hydrogen (secondary N) is 1. The lowest BCUT2D eigenvalue weighted by Crippen LogP contribution is -2.29. The number of nitriles is 1. The van der Waals surface area contributed by atoms with Crippen LogP contribution in [0.15, 0.2) is 48.5 Å². The number of rotatable bonds is 5. The first-order valence-corrected chi connectivity index (χ1v) is 11.0. The number of hydrogen-bond donors (Lipinski definition) is 1. The Labute approximate surface area is 193 Å². The second kappa shape index (κ2) is 10.1. The first kappa shape index (κ1) is 23.0. The minimum absolute atomic E-state index is 0. The minimum atomic E-state index is -0.0695. The van der Waals surface area contributed by atoms with Gasteiger partial charge in [-0.3, -0.25) is 9.69 Å². The van der Waals surface area contributed by atoms with Gasteiger partial charge in [0, 0.05) is 24.5 Å². The Balaban J connectivity index is 0.00000272. The van der Waals surface area contributed by atoms with Crippen LogP contribution in [0, 0.1) is 25.2 Å². The number of amides is 1. The summed E-state index contributed by atoms with van der Waals surface area (Å²) < 4.78 is 0. The molecule has 0 fully saturated rings. The van der Waals surface area contributed by atoms with E-state index in [1.165, 1.54) is 10.4 Å². The first-order chi connectivity index (χ1) is 14.5. The number of halogens is 1. The van der Waals surface area contributed by atoms with Crippen molar-refractivity contribution < 1.29 is 4.79 Å². The van der Waals surface area contributed by atoms with Crippen LogP contribution in [0.25, 0.3) is 0 Å². The predicted octanol–water partition coefficient (Wildman–Crippen LogP) is 5.40. The van der Waals surface area contributed by atoms with Crippen LogP contribution >= 0.6 is 23.7 Å². The van der Waals surface area contributed by atoms with Crippen molar-refractivity contribution in [2.75, 3.05) is 11.9 Å². The minimum Gasteiger partial charge on any atom is -0.316 e. The third kappa shape index (κ3) is 5.34. The highest BCUT2D eigenvalue weighted by Gasteiger charge is 2.25. The van der Waals surface area contributed by atoms with Crippen LogP contribution in [0.1, 0.15) is 38.3 Å². The number of carbonyl (C=O) groups is 1. The zero-order chi connectivity index (χ0) is 21.1. The van der Waals surface area contributed by atoms with Gasteiger partial charge in [-0.25, -0.2) is 0 Å². The van der Waals surface area contributed by atoms with Gasteiger partial charge in [-0.05, 0) is 42.5 Å². The molecule has 0 saturated carbocycles. The summed E-state index contributed by atoms with van der Waals surface area (Å²) in [5, 5.41) is 13.5. The molecule has 1 aliphatic heterocycles. The number of benzene rings is 2. The van der Waals surface area contributed by atoms with Gasteiger partial charge in [0.05, 0.1) is 12.0 Å². The third-order valence-corrected chi connectivity index (χ3v) is 6.74. The molecule has 0 saturated heterocycles. The Hall–Kier alpha value is -2.65. The summed E-state index contributed by atoms with van der Waals surface area (Å²) in [5.41, 5.74) is 6.32. The van der Waals surface area contributed by atoms with Gasteiger partial charge >= 0.3 is 0 Å². The van der Waals surface area contributed by atoms with Gasteiger partial charge in [-0.1, -0.05) is 54.1 Å². The Kier molecular flexibility index (Phi) is 7.50. The highest BCUT2D eigenvalue weighted by atomic mass is 35.5. The molecule has 6 heteroatoms. The second-order valence-electron chi connectivity index (χ2n) is 7.92. The molecule has 4 nitrogen and oxygen atoms in total. The number of carbonyl (C=O) groups excluding carboxylic acids is 1. The van der Waals surface area contributed by atoms with Crippen LogP contribution in [0.5, 0.6) is 0 Å². The molecule has 160 valence electrons. The van der Waals surface area contributed by atoms with Gasteiger partial charge in [-0.15, -0.1) is 23.7 Å². The van der Waals surface area contributed by atoms with E-state index in [1.807, 2.05) is 26.0 Å². The molecule has 2 heterocycles. The molecule has 1 N–H and O–H groups in total. The third-order valence-electron chi connectivity index (χ3n) is 5.61. The molecule has 1 aromatic heterocycles. The molecule has 0 atom stereocenters. The van der Waals surface area contributed by atoms with Crippen molar-refractivity contribution in [1.29, 1.82) is 5.26 Å². The van der Waals surface area contributed by atoms with Crippen LogP contribution in [-0.4, -0.2) is 17.4 Å². The Bertz CT molecular complexity index is 1120. The quantitative estimate of drug-likeness (QED) is 0.565. The molecular weight excluding hydrogens is 426 g/mol. The van der Waals surface area contributed by atoms with Gasteiger partial charge in [0.25, 0.3) is 0 Å². The SMILES string of the molecule is Cc1ccc(C)c(CC(=O)Nc2sc3c(c2C#N)CCN(Cc2ccccc2)C3)c1.Cl. The van der Waals surface area contributed by atoms with Crippen LogP contribution in [0.2, 0.25) is 0 Å². The van der Waals surface area contributed by atoms with E-state index in [4.69, 9.17) is 0 Å². The lowest BCUT2D eigenvalue weighted by molar-refractivity contribution is -0.115. The number of hydrogen-bond acceptors (Lipinski definition) is 4. The van der Waals surface area contributed by atoms with E-state index in [9.17, 15) is 10.1 Å². The van der Waals surface area contributed by atoms with E-state index in [0.29, 0.717) is 17.0 Å². The van der Waals surface area contributed by atoms with Crippen LogP contribution < -0.4 is 5.32 Å². The smallest absolute Gasteiger partial charge is 0.229 e. The lowest BCUT2D eigenvalue weighted by atomic mass is 10.0. The highest BCUT2D eigenvalue weighted by Crippen LogP contribution is 2.37. The van der Waals surface area contributed by atoms with Crippen molar-refractivity contribution in [3.63, 3.8) is 0 Å². The summed E-state index contributed by atoms with van der Waals surface area (Å²) in [6.07, 6.45) is 1.16. The highest BCUT2D eigenvalue weighted by molar-refractivity contribution is 7.16. The van der Waals surface area contributed by atoms with E-state index in [1.54, 1.807) is 11.3 Å². The number of nitrogens with zero attached hydrogens (tertiary/aromatic N) is 2. The van der Waals surface area contributed by atoms with Gasteiger partial charge in [0.2, 0.25) is 5.91 Å². The molecule has 0 radical (unpaired) electrons. The van der Waals surface area contributed by atoms with Crippen LogP contribution in [0.4, 0.5) is 5.00 Å². The maximum Gasteiger partial charge on any atom is 0.229 e.